The molecule has 0 aliphatic rings. The maximum atomic E-state index is 11.8. The van der Waals surface area contributed by atoms with Gasteiger partial charge >= 0.3 is 5.97 Å². The van der Waals surface area contributed by atoms with Gasteiger partial charge in [0.15, 0.2) is 5.78 Å². The number of hydrogen-bond donors (Lipinski definition) is 1. The molecule has 4 nitrogen and oxygen atoms in total. The Kier molecular flexibility index (Phi) is 15.4. The topological polar surface area (TPSA) is 63.6 Å². The van der Waals surface area contributed by atoms with Crippen molar-refractivity contribution in [1.29, 1.82) is 0 Å². The molecule has 0 heterocycles. The highest BCUT2D eigenvalue weighted by molar-refractivity contribution is 5.82. The molecule has 0 radical (unpaired) electrons. The van der Waals surface area contributed by atoms with Crippen LogP contribution in [-0.4, -0.2) is 30.1 Å². The Hall–Kier alpha value is -0.900. The molecular weight excluding hydrogens is 292 g/mol. The molecule has 0 saturated carbocycles. The molecule has 4 heteroatoms. The second kappa shape index (κ2) is 16.0. The van der Waals surface area contributed by atoms with Crippen molar-refractivity contribution in [3.05, 3.63) is 0 Å². The van der Waals surface area contributed by atoms with Crippen LogP contribution in [0.25, 0.3) is 0 Å². The Morgan fingerprint density at radius 2 is 1.35 bits per heavy atom. The van der Waals surface area contributed by atoms with Crippen molar-refractivity contribution >= 4 is 11.8 Å². The lowest BCUT2D eigenvalue weighted by atomic mass is 10.0. The zero-order chi connectivity index (χ0) is 17.3. The third kappa shape index (κ3) is 14.4. The van der Waals surface area contributed by atoms with Gasteiger partial charge in [-0.1, -0.05) is 64.7 Å². The number of hydrogen-bond acceptors (Lipinski definition) is 4. The van der Waals surface area contributed by atoms with Crippen molar-refractivity contribution in [3.63, 3.8) is 0 Å². The summed E-state index contributed by atoms with van der Waals surface area (Å²) in [5, 5.41) is 9.85. The van der Waals surface area contributed by atoms with Gasteiger partial charge in [0.05, 0.1) is 7.11 Å². The molecule has 0 aliphatic heterocycles. The second-order valence-electron chi connectivity index (χ2n) is 6.38. The van der Waals surface area contributed by atoms with Crippen molar-refractivity contribution < 1.29 is 19.4 Å². The van der Waals surface area contributed by atoms with Gasteiger partial charge in [-0.15, -0.1) is 0 Å². The molecule has 0 aromatic rings. The first kappa shape index (κ1) is 22.1. The number of aliphatic hydroxyl groups excluding tert-OH is 1. The number of methoxy groups -OCH3 is 1. The standard InChI is InChI=1S/C19H36O4/c1-3-4-5-6-8-11-14-17(20)18(21)15-12-9-7-10-13-16-19(22)23-2/h17,20H,3-16H2,1-2H3. The van der Waals surface area contributed by atoms with Crippen LogP contribution < -0.4 is 0 Å². The van der Waals surface area contributed by atoms with E-state index in [9.17, 15) is 14.7 Å². The lowest BCUT2D eigenvalue weighted by Gasteiger charge is -2.09. The monoisotopic (exact) mass is 328 g/mol. The minimum absolute atomic E-state index is 0.00637. The average molecular weight is 328 g/mol. The maximum Gasteiger partial charge on any atom is 0.305 e. The second-order valence-corrected chi connectivity index (χ2v) is 6.38. The Bertz CT molecular complexity index is 302. The number of ketones is 1. The number of carbonyl (C=O) groups is 2. The minimum Gasteiger partial charge on any atom is -0.469 e. The fraction of sp³-hybridized carbons (Fsp3) is 0.895. The van der Waals surface area contributed by atoms with Crippen LogP contribution in [-0.2, 0) is 14.3 Å². The maximum absolute atomic E-state index is 11.8. The molecule has 0 aliphatic carbocycles. The molecule has 1 atom stereocenters. The summed E-state index contributed by atoms with van der Waals surface area (Å²) in [6.45, 7) is 2.20. The van der Waals surface area contributed by atoms with Gasteiger partial charge in [0, 0.05) is 12.8 Å². The van der Waals surface area contributed by atoms with Gasteiger partial charge in [0.25, 0.3) is 0 Å². The van der Waals surface area contributed by atoms with E-state index in [4.69, 9.17) is 0 Å². The molecule has 0 aromatic carbocycles. The molecule has 1 N–H and O–H groups in total. The summed E-state index contributed by atoms with van der Waals surface area (Å²) in [5.41, 5.74) is 0. The summed E-state index contributed by atoms with van der Waals surface area (Å²) < 4.78 is 4.58. The Morgan fingerprint density at radius 3 is 1.96 bits per heavy atom. The van der Waals surface area contributed by atoms with Crippen LogP contribution in [0.5, 0.6) is 0 Å². The highest BCUT2D eigenvalue weighted by Gasteiger charge is 2.13. The first-order valence-corrected chi connectivity index (χ1v) is 9.39. The number of rotatable bonds is 16. The predicted octanol–water partition coefficient (Wildman–Crippen LogP) is 4.57. The zero-order valence-electron chi connectivity index (χ0n) is 15.1. The van der Waals surface area contributed by atoms with Crippen molar-refractivity contribution in [3.8, 4) is 0 Å². The van der Waals surface area contributed by atoms with E-state index in [1.165, 1.54) is 32.8 Å². The van der Waals surface area contributed by atoms with Crippen molar-refractivity contribution in [2.75, 3.05) is 7.11 Å². The third-order valence-corrected chi connectivity index (χ3v) is 4.23. The van der Waals surface area contributed by atoms with E-state index in [1.807, 2.05) is 0 Å². The van der Waals surface area contributed by atoms with E-state index in [-0.39, 0.29) is 11.8 Å². The SMILES string of the molecule is CCCCCCCCC(O)C(=O)CCCCCCCC(=O)OC. The van der Waals surface area contributed by atoms with E-state index in [2.05, 4.69) is 11.7 Å². The van der Waals surface area contributed by atoms with E-state index >= 15 is 0 Å². The molecule has 0 saturated heterocycles. The number of Topliss-reactive ketones (excluding diaryl/α,β-unsaturated/α-hetero) is 1. The quantitative estimate of drug-likeness (QED) is 0.333. The molecular formula is C19H36O4. The van der Waals surface area contributed by atoms with Gasteiger partial charge in [-0.2, -0.15) is 0 Å². The molecule has 136 valence electrons. The third-order valence-electron chi connectivity index (χ3n) is 4.23. The smallest absolute Gasteiger partial charge is 0.305 e. The van der Waals surface area contributed by atoms with E-state index < -0.39 is 6.10 Å². The first-order valence-electron chi connectivity index (χ1n) is 9.39. The predicted molar refractivity (Wildman–Crippen MR) is 93.3 cm³/mol. The van der Waals surface area contributed by atoms with Gasteiger partial charge in [0.2, 0.25) is 0 Å². The van der Waals surface area contributed by atoms with Crippen LogP contribution >= 0.6 is 0 Å². The molecule has 0 spiro atoms. The number of aliphatic hydroxyl groups is 1. The summed E-state index contributed by atoms with van der Waals surface area (Å²) in [5.74, 6) is -0.161. The summed E-state index contributed by atoms with van der Waals surface area (Å²) in [4.78, 5) is 22.7. The number of carbonyl (C=O) groups excluding carboxylic acids is 2. The molecule has 0 rings (SSSR count). The van der Waals surface area contributed by atoms with E-state index in [0.29, 0.717) is 19.3 Å². The van der Waals surface area contributed by atoms with E-state index in [1.54, 1.807) is 0 Å². The summed E-state index contributed by atoms with van der Waals surface area (Å²) in [7, 11) is 1.41. The van der Waals surface area contributed by atoms with Crippen molar-refractivity contribution in [2.24, 2.45) is 0 Å². The average Bonchev–Trinajstić information content (AvgIpc) is 2.56. The van der Waals surface area contributed by atoms with Crippen LogP contribution in [0.2, 0.25) is 0 Å². The van der Waals surface area contributed by atoms with E-state index in [0.717, 1.165) is 44.9 Å². The fourth-order valence-corrected chi connectivity index (χ4v) is 2.65. The zero-order valence-corrected chi connectivity index (χ0v) is 15.1. The van der Waals surface area contributed by atoms with Crippen LogP contribution in [0.3, 0.4) is 0 Å². The van der Waals surface area contributed by atoms with Crippen LogP contribution in [0.15, 0.2) is 0 Å². The summed E-state index contributed by atoms with van der Waals surface area (Å²) in [6.07, 6.45) is 12.5. The molecule has 0 bridgehead atoms. The normalized spacial score (nSPS) is 12.1. The first-order chi connectivity index (χ1) is 11.1. The number of ether oxygens (including phenoxy) is 1. The van der Waals surface area contributed by atoms with Crippen LogP contribution in [0.1, 0.15) is 96.8 Å². The van der Waals surface area contributed by atoms with Crippen molar-refractivity contribution in [1.82, 2.24) is 0 Å². The van der Waals surface area contributed by atoms with Gasteiger partial charge in [0.1, 0.15) is 6.10 Å². The Balaban J connectivity index is 3.42. The molecule has 1 unspecified atom stereocenters. The van der Waals surface area contributed by atoms with Gasteiger partial charge in [-0.25, -0.2) is 0 Å². The highest BCUT2D eigenvalue weighted by Crippen LogP contribution is 2.12. The highest BCUT2D eigenvalue weighted by atomic mass is 16.5. The number of esters is 1. The van der Waals surface area contributed by atoms with Gasteiger partial charge in [-0.3, -0.25) is 9.59 Å². The summed E-state index contributed by atoms with van der Waals surface area (Å²) in [6, 6.07) is 0. The largest absolute Gasteiger partial charge is 0.469 e. The van der Waals surface area contributed by atoms with Crippen LogP contribution in [0, 0.1) is 0 Å². The Labute approximate surface area is 142 Å². The summed E-state index contributed by atoms with van der Waals surface area (Å²) >= 11 is 0. The fourth-order valence-electron chi connectivity index (χ4n) is 2.65. The lowest BCUT2D eigenvalue weighted by Crippen LogP contribution is -2.19. The molecule has 0 aromatic heterocycles. The van der Waals surface area contributed by atoms with Gasteiger partial charge in [-0.05, 0) is 19.3 Å². The van der Waals surface area contributed by atoms with Gasteiger partial charge < -0.3 is 9.84 Å². The Morgan fingerprint density at radius 1 is 0.826 bits per heavy atom. The lowest BCUT2D eigenvalue weighted by molar-refractivity contribution is -0.140. The molecule has 0 amide bonds. The molecule has 0 fully saturated rings. The minimum atomic E-state index is -0.763. The van der Waals surface area contributed by atoms with Crippen molar-refractivity contribution in [2.45, 2.75) is 103 Å². The van der Waals surface area contributed by atoms with Crippen LogP contribution in [0.4, 0.5) is 0 Å². The number of unbranched alkanes of at least 4 members (excludes halogenated alkanes) is 9. The molecule has 23 heavy (non-hydrogen) atoms.